The van der Waals surface area contributed by atoms with E-state index >= 15 is 0 Å². The Bertz CT molecular complexity index is 1140. The van der Waals surface area contributed by atoms with Gasteiger partial charge in [-0.2, -0.15) is 0 Å². The Hall–Kier alpha value is -3.48. The maximum atomic E-state index is 12.8. The second kappa shape index (κ2) is 6.84. The highest BCUT2D eigenvalue weighted by molar-refractivity contribution is 5.93. The van der Waals surface area contributed by atoms with Gasteiger partial charge in [0.1, 0.15) is 11.4 Å². The molecule has 5 heterocycles. The predicted octanol–water partition coefficient (Wildman–Crippen LogP) is 2.63. The topological polar surface area (TPSA) is 88.3 Å². The summed E-state index contributed by atoms with van der Waals surface area (Å²) in [7, 11) is 0. The molecule has 2 aliphatic heterocycles. The Morgan fingerprint density at radius 2 is 1.93 bits per heavy atom. The molecule has 2 aliphatic rings. The number of hydrogen-bond donors (Lipinski definition) is 1. The number of pyridine rings is 3. The molecular formula is C22H20N4O3. The van der Waals surface area contributed by atoms with Crippen LogP contribution in [0.3, 0.4) is 0 Å². The molecule has 1 saturated heterocycles. The summed E-state index contributed by atoms with van der Waals surface area (Å²) in [5.74, 6) is -0.0319. The smallest absolute Gasteiger partial charge is 0.339 e. The number of piperidine rings is 1. The number of carboxylic acids is 1. The van der Waals surface area contributed by atoms with E-state index in [4.69, 9.17) is 0 Å². The summed E-state index contributed by atoms with van der Waals surface area (Å²) in [5, 5.41) is 9.54. The van der Waals surface area contributed by atoms with Gasteiger partial charge in [-0.15, -0.1) is 0 Å². The maximum Gasteiger partial charge on any atom is 0.339 e. The van der Waals surface area contributed by atoms with Crippen LogP contribution in [0.25, 0.3) is 11.1 Å². The van der Waals surface area contributed by atoms with Gasteiger partial charge >= 0.3 is 5.97 Å². The Morgan fingerprint density at radius 3 is 2.72 bits per heavy atom. The Balaban J connectivity index is 1.54. The molecule has 0 aromatic carbocycles. The number of fused-ring (bicyclic) bond motifs is 4. The van der Waals surface area contributed by atoms with E-state index in [9.17, 15) is 14.7 Å². The van der Waals surface area contributed by atoms with Gasteiger partial charge in [0.25, 0.3) is 5.56 Å². The summed E-state index contributed by atoms with van der Waals surface area (Å²) in [4.78, 5) is 35.0. The van der Waals surface area contributed by atoms with E-state index < -0.39 is 5.97 Å². The van der Waals surface area contributed by atoms with Gasteiger partial charge in [0.2, 0.25) is 0 Å². The van der Waals surface area contributed by atoms with Crippen LogP contribution in [-0.2, 0) is 6.54 Å². The van der Waals surface area contributed by atoms with Gasteiger partial charge < -0.3 is 14.6 Å². The summed E-state index contributed by atoms with van der Waals surface area (Å²) >= 11 is 0. The second-order valence-electron chi connectivity index (χ2n) is 7.74. The molecule has 146 valence electrons. The van der Waals surface area contributed by atoms with Crippen LogP contribution in [0, 0.1) is 5.92 Å². The van der Waals surface area contributed by atoms with Crippen LogP contribution in [-0.4, -0.2) is 38.7 Å². The van der Waals surface area contributed by atoms with Crippen molar-refractivity contribution < 1.29 is 9.90 Å². The van der Waals surface area contributed by atoms with Gasteiger partial charge in [-0.1, -0.05) is 6.07 Å². The van der Waals surface area contributed by atoms with E-state index in [2.05, 4.69) is 20.9 Å². The van der Waals surface area contributed by atoms with Crippen molar-refractivity contribution in [2.75, 3.05) is 18.0 Å². The molecule has 7 heteroatoms. The predicted molar refractivity (Wildman–Crippen MR) is 108 cm³/mol. The Labute approximate surface area is 167 Å². The van der Waals surface area contributed by atoms with Gasteiger partial charge in [0, 0.05) is 61.5 Å². The van der Waals surface area contributed by atoms with Crippen molar-refractivity contribution in [3.8, 4) is 11.1 Å². The number of anilines is 1. The van der Waals surface area contributed by atoms with Crippen molar-refractivity contribution in [2.45, 2.75) is 18.9 Å². The first kappa shape index (κ1) is 17.6. The first-order valence-electron chi connectivity index (χ1n) is 9.68. The van der Waals surface area contributed by atoms with E-state index in [0.29, 0.717) is 25.5 Å². The fourth-order valence-electron chi connectivity index (χ4n) is 4.65. The molecule has 5 rings (SSSR count). The highest BCUT2D eigenvalue weighted by Gasteiger charge is 2.36. The Morgan fingerprint density at radius 1 is 1.07 bits per heavy atom. The molecule has 0 amide bonds. The van der Waals surface area contributed by atoms with E-state index in [-0.39, 0.29) is 23.0 Å². The molecule has 7 nitrogen and oxygen atoms in total. The van der Waals surface area contributed by atoms with Crippen LogP contribution >= 0.6 is 0 Å². The number of carbonyl (C=O) groups is 1. The van der Waals surface area contributed by atoms with E-state index in [1.165, 1.54) is 0 Å². The molecule has 29 heavy (non-hydrogen) atoms. The van der Waals surface area contributed by atoms with Gasteiger partial charge in [-0.05, 0) is 42.2 Å². The molecule has 1 fully saturated rings. The first-order chi connectivity index (χ1) is 14.1. The minimum Gasteiger partial charge on any atom is -0.478 e. The molecule has 1 N–H and O–H groups in total. The van der Waals surface area contributed by atoms with Crippen molar-refractivity contribution in [3.63, 3.8) is 0 Å². The molecule has 0 radical (unpaired) electrons. The number of aromatic carboxylic acids is 1. The summed E-state index contributed by atoms with van der Waals surface area (Å²) in [5.41, 5.74) is 3.02. The number of rotatable bonds is 3. The molecule has 0 unspecified atom stereocenters. The van der Waals surface area contributed by atoms with Gasteiger partial charge in [0.05, 0.1) is 0 Å². The maximum absolute atomic E-state index is 12.8. The average Bonchev–Trinajstić information content (AvgIpc) is 2.75. The normalized spacial score (nSPS) is 20.2. The third-order valence-electron chi connectivity index (χ3n) is 5.87. The SMILES string of the molecule is O=C(O)c1cccnc1N1C[C@@H]2C[C@H](C1)c1cc(-c3cccnc3)cc(=O)n1C2. The lowest BCUT2D eigenvalue weighted by Gasteiger charge is -2.43. The lowest BCUT2D eigenvalue weighted by atomic mass is 9.82. The molecule has 0 spiro atoms. The fraction of sp³-hybridized carbons (Fsp3) is 0.273. The highest BCUT2D eigenvalue weighted by Crippen LogP contribution is 2.38. The van der Waals surface area contributed by atoms with Crippen LogP contribution in [0.15, 0.2) is 59.8 Å². The minimum atomic E-state index is -0.973. The van der Waals surface area contributed by atoms with Crippen LogP contribution in [0.5, 0.6) is 0 Å². The molecule has 2 bridgehead atoms. The number of nitrogens with zero attached hydrogens (tertiary/aromatic N) is 4. The zero-order valence-electron chi connectivity index (χ0n) is 15.7. The lowest BCUT2D eigenvalue weighted by molar-refractivity contribution is 0.0697. The molecule has 0 saturated carbocycles. The van der Waals surface area contributed by atoms with Crippen LogP contribution in [0.4, 0.5) is 5.82 Å². The van der Waals surface area contributed by atoms with Crippen molar-refractivity contribution in [1.82, 2.24) is 14.5 Å². The molecular weight excluding hydrogens is 368 g/mol. The zero-order valence-corrected chi connectivity index (χ0v) is 15.7. The summed E-state index contributed by atoms with van der Waals surface area (Å²) < 4.78 is 1.88. The second-order valence-corrected chi connectivity index (χ2v) is 7.74. The van der Waals surface area contributed by atoms with Crippen molar-refractivity contribution in [1.29, 1.82) is 0 Å². The average molecular weight is 388 g/mol. The Kier molecular flexibility index (Phi) is 4.16. The molecule has 2 atom stereocenters. The van der Waals surface area contributed by atoms with E-state index in [1.807, 2.05) is 16.7 Å². The van der Waals surface area contributed by atoms with Crippen LogP contribution in [0.1, 0.15) is 28.4 Å². The molecule has 3 aromatic heterocycles. The monoisotopic (exact) mass is 388 g/mol. The standard InChI is InChI=1S/C22H20N4O3/c27-20-9-16(15-3-1-5-23-10-15)8-19-17-7-14(12-26(19)20)11-25(13-17)21-18(22(28)29)4-2-6-24-21/h1-6,8-10,14,17H,7,11-13H2,(H,28,29)/t14-,17+/m0/s1. The lowest BCUT2D eigenvalue weighted by Crippen LogP contribution is -2.47. The highest BCUT2D eigenvalue weighted by atomic mass is 16.4. The number of carboxylic acid groups (broad SMARTS) is 1. The zero-order chi connectivity index (χ0) is 20.0. The molecule has 0 aliphatic carbocycles. The van der Waals surface area contributed by atoms with Crippen molar-refractivity contribution in [2.24, 2.45) is 5.92 Å². The summed E-state index contributed by atoms with van der Waals surface area (Å²) in [6, 6.07) is 10.8. The quantitative estimate of drug-likeness (QED) is 0.742. The third kappa shape index (κ3) is 3.08. The summed E-state index contributed by atoms with van der Waals surface area (Å²) in [6.45, 7) is 1.98. The minimum absolute atomic E-state index is 0.00793. The molecule has 3 aromatic rings. The van der Waals surface area contributed by atoms with E-state index in [0.717, 1.165) is 23.2 Å². The van der Waals surface area contributed by atoms with E-state index in [1.54, 1.807) is 36.8 Å². The fourth-order valence-corrected chi connectivity index (χ4v) is 4.65. The van der Waals surface area contributed by atoms with Crippen molar-refractivity contribution in [3.05, 3.63) is 76.6 Å². The van der Waals surface area contributed by atoms with Crippen LogP contribution < -0.4 is 10.5 Å². The summed E-state index contributed by atoms with van der Waals surface area (Å²) in [6.07, 6.45) is 6.09. The number of hydrogen-bond acceptors (Lipinski definition) is 5. The first-order valence-corrected chi connectivity index (χ1v) is 9.68. The van der Waals surface area contributed by atoms with Gasteiger partial charge in [-0.3, -0.25) is 9.78 Å². The largest absolute Gasteiger partial charge is 0.478 e. The third-order valence-corrected chi connectivity index (χ3v) is 5.87. The van der Waals surface area contributed by atoms with Gasteiger partial charge in [-0.25, -0.2) is 9.78 Å². The number of aromatic nitrogens is 3. The van der Waals surface area contributed by atoms with Crippen LogP contribution in [0.2, 0.25) is 0 Å². The van der Waals surface area contributed by atoms with Gasteiger partial charge in [0.15, 0.2) is 0 Å². The van der Waals surface area contributed by atoms with Crippen molar-refractivity contribution >= 4 is 11.8 Å².